The van der Waals surface area contributed by atoms with E-state index in [9.17, 15) is 9.59 Å². The number of aliphatic carboxylic acids is 1. The molecule has 0 aliphatic rings. The van der Waals surface area contributed by atoms with Gasteiger partial charge < -0.3 is 20.0 Å². The van der Waals surface area contributed by atoms with Crippen molar-refractivity contribution in [1.29, 1.82) is 0 Å². The van der Waals surface area contributed by atoms with Gasteiger partial charge in [-0.05, 0) is 12.1 Å². The minimum absolute atomic E-state index is 0.0229. The minimum Gasteiger partial charge on any atom is -0.481 e. The average molecular weight is 227 g/mol. The maximum absolute atomic E-state index is 10.5. The Morgan fingerprint density at radius 2 is 2.25 bits per heavy atom. The third-order valence-corrected chi connectivity index (χ3v) is 1.86. The molecule has 0 saturated carbocycles. The Kier molecular flexibility index (Phi) is 4.07. The van der Waals surface area contributed by atoms with E-state index in [0.29, 0.717) is 11.5 Å². The summed E-state index contributed by atoms with van der Waals surface area (Å²) in [6, 6.07) is 2.48. The molecule has 1 rings (SSSR count). The van der Waals surface area contributed by atoms with Crippen LogP contribution < -0.4 is 5.73 Å². The lowest BCUT2D eigenvalue weighted by Gasteiger charge is -2.04. The molecule has 6 nitrogen and oxygen atoms in total. The van der Waals surface area contributed by atoms with Gasteiger partial charge in [-0.1, -0.05) is 0 Å². The molecule has 16 heavy (non-hydrogen) atoms. The monoisotopic (exact) mass is 227 g/mol. The first-order valence-corrected chi connectivity index (χ1v) is 4.68. The lowest BCUT2D eigenvalue weighted by Crippen LogP contribution is -2.14. The zero-order chi connectivity index (χ0) is 12.1. The van der Waals surface area contributed by atoms with Crippen LogP contribution in [-0.2, 0) is 20.9 Å². The van der Waals surface area contributed by atoms with Gasteiger partial charge in [-0.2, -0.15) is 0 Å². The summed E-state index contributed by atoms with van der Waals surface area (Å²) in [5, 5.41) is 8.54. The highest BCUT2D eigenvalue weighted by molar-refractivity contribution is 5.67. The van der Waals surface area contributed by atoms with E-state index >= 15 is 0 Å². The van der Waals surface area contributed by atoms with E-state index in [4.69, 9.17) is 20.0 Å². The maximum atomic E-state index is 10.5. The molecule has 0 spiro atoms. The van der Waals surface area contributed by atoms with Crippen LogP contribution in [0, 0.1) is 0 Å². The van der Waals surface area contributed by atoms with Crippen LogP contribution in [0.25, 0.3) is 0 Å². The van der Waals surface area contributed by atoms with Crippen molar-refractivity contribution < 1.29 is 23.8 Å². The molecule has 0 aromatic carbocycles. The van der Waals surface area contributed by atoms with Crippen LogP contribution in [0.15, 0.2) is 16.5 Å². The molecule has 0 fully saturated rings. The third kappa shape index (κ3) is 3.74. The number of esters is 1. The van der Waals surface area contributed by atoms with Crippen molar-refractivity contribution in [1.82, 2.24) is 0 Å². The number of carbonyl (C=O) groups excluding carboxylic acids is 1. The maximum Gasteiger partial charge on any atom is 0.305 e. The summed E-state index contributed by atoms with van der Waals surface area (Å²) in [6.45, 7) is 1.31. The zero-order valence-corrected chi connectivity index (χ0v) is 8.80. The molecule has 1 atom stereocenters. The Balaban J connectivity index is 2.56. The van der Waals surface area contributed by atoms with Gasteiger partial charge in [-0.25, -0.2) is 0 Å². The summed E-state index contributed by atoms with van der Waals surface area (Å²) in [4.78, 5) is 21.0. The Bertz CT molecular complexity index is 384. The second-order valence-electron chi connectivity index (χ2n) is 3.29. The molecule has 0 bridgehead atoms. The van der Waals surface area contributed by atoms with Crippen LogP contribution >= 0.6 is 0 Å². The molecule has 0 saturated heterocycles. The van der Waals surface area contributed by atoms with Gasteiger partial charge in [0.05, 0.1) is 12.5 Å². The number of ether oxygens (including phenoxy) is 1. The van der Waals surface area contributed by atoms with E-state index < -0.39 is 18.0 Å². The number of hydrogen-bond donors (Lipinski definition) is 2. The standard InChI is InChI=1S/C10H13NO5/c1-6(12)15-5-7-2-3-9(16-7)8(11)4-10(13)14/h2-3,8H,4-5,11H2,1H3,(H,13,14). The summed E-state index contributed by atoms with van der Waals surface area (Å²) < 4.78 is 9.94. The van der Waals surface area contributed by atoms with Crippen molar-refractivity contribution >= 4 is 11.9 Å². The summed E-state index contributed by atoms with van der Waals surface area (Å²) in [5.74, 6) is -0.603. The lowest BCUT2D eigenvalue weighted by atomic mass is 10.2. The number of carboxylic acids is 1. The number of hydrogen-bond acceptors (Lipinski definition) is 5. The molecule has 0 amide bonds. The van der Waals surface area contributed by atoms with Crippen LogP contribution in [-0.4, -0.2) is 17.0 Å². The Morgan fingerprint density at radius 1 is 1.56 bits per heavy atom. The summed E-state index contributed by atoms with van der Waals surface area (Å²) in [5.41, 5.74) is 5.58. The molecular weight excluding hydrogens is 214 g/mol. The lowest BCUT2D eigenvalue weighted by molar-refractivity contribution is -0.142. The first-order valence-electron chi connectivity index (χ1n) is 4.68. The van der Waals surface area contributed by atoms with Crippen molar-refractivity contribution in [3.8, 4) is 0 Å². The molecule has 0 radical (unpaired) electrons. The van der Waals surface area contributed by atoms with Crippen molar-refractivity contribution in [2.24, 2.45) is 5.73 Å². The van der Waals surface area contributed by atoms with Gasteiger partial charge in [0.2, 0.25) is 0 Å². The van der Waals surface area contributed by atoms with E-state index in [1.54, 1.807) is 12.1 Å². The number of furan rings is 1. The molecule has 3 N–H and O–H groups in total. The molecule has 1 unspecified atom stereocenters. The van der Waals surface area contributed by atoms with Crippen molar-refractivity contribution in [3.05, 3.63) is 23.7 Å². The van der Waals surface area contributed by atoms with Crippen molar-refractivity contribution in [3.63, 3.8) is 0 Å². The molecule has 0 aliphatic heterocycles. The summed E-state index contributed by atoms with van der Waals surface area (Å²) >= 11 is 0. The fourth-order valence-corrected chi connectivity index (χ4v) is 1.13. The van der Waals surface area contributed by atoms with Crippen LogP contribution in [0.5, 0.6) is 0 Å². The fraction of sp³-hybridized carbons (Fsp3) is 0.400. The second kappa shape index (κ2) is 5.32. The highest BCUT2D eigenvalue weighted by Gasteiger charge is 2.14. The minimum atomic E-state index is -0.995. The quantitative estimate of drug-likeness (QED) is 0.722. The Morgan fingerprint density at radius 3 is 2.81 bits per heavy atom. The van der Waals surface area contributed by atoms with Gasteiger partial charge in [0.25, 0.3) is 0 Å². The van der Waals surface area contributed by atoms with E-state index in [0.717, 1.165) is 0 Å². The normalized spacial score (nSPS) is 12.1. The van der Waals surface area contributed by atoms with Crippen LogP contribution in [0.3, 0.4) is 0 Å². The molecule has 6 heteroatoms. The molecule has 88 valence electrons. The van der Waals surface area contributed by atoms with Crippen LogP contribution in [0.4, 0.5) is 0 Å². The summed E-state index contributed by atoms with van der Waals surface area (Å²) in [6.07, 6.45) is -0.208. The largest absolute Gasteiger partial charge is 0.481 e. The first kappa shape index (κ1) is 12.3. The number of carbonyl (C=O) groups is 2. The molecular formula is C10H13NO5. The topological polar surface area (TPSA) is 103 Å². The van der Waals surface area contributed by atoms with E-state index in [-0.39, 0.29) is 13.0 Å². The van der Waals surface area contributed by atoms with Gasteiger partial charge >= 0.3 is 11.9 Å². The highest BCUT2D eigenvalue weighted by Crippen LogP contribution is 2.17. The number of carboxylic acid groups (broad SMARTS) is 1. The van der Waals surface area contributed by atoms with Crippen molar-refractivity contribution in [2.75, 3.05) is 0 Å². The molecule has 1 aromatic heterocycles. The fourth-order valence-electron chi connectivity index (χ4n) is 1.13. The average Bonchev–Trinajstić information content (AvgIpc) is 2.61. The molecule has 0 aliphatic carbocycles. The molecule has 1 heterocycles. The van der Waals surface area contributed by atoms with Gasteiger partial charge in [-0.3, -0.25) is 9.59 Å². The van der Waals surface area contributed by atoms with Gasteiger partial charge in [0.15, 0.2) is 0 Å². The number of rotatable bonds is 5. The molecule has 1 aromatic rings. The van der Waals surface area contributed by atoms with Gasteiger partial charge in [-0.15, -0.1) is 0 Å². The SMILES string of the molecule is CC(=O)OCc1ccc(C(N)CC(=O)O)o1. The third-order valence-electron chi connectivity index (χ3n) is 1.86. The van der Waals surface area contributed by atoms with Gasteiger partial charge in [0.1, 0.15) is 18.1 Å². The summed E-state index contributed by atoms with van der Waals surface area (Å²) in [7, 11) is 0. The van der Waals surface area contributed by atoms with E-state index in [1.165, 1.54) is 6.92 Å². The number of nitrogens with two attached hydrogens (primary N) is 1. The Hall–Kier alpha value is -1.82. The smallest absolute Gasteiger partial charge is 0.305 e. The highest BCUT2D eigenvalue weighted by atomic mass is 16.5. The predicted molar refractivity (Wildman–Crippen MR) is 53.4 cm³/mol. The van der Waals surface area contributed by atoms with E-state index in [2.05, 4.69) is 0 Å². The van der Waals surface area contributed by atoms with Gasteiger partial charge in [0, 0.05) is 6.92 Å². The van der Waals surface area contributed by atoms with E-state index in [1.807, 2.05) is 0 Å². The van der Waals surface area contributed by atoms with Crippen LogP contribution in [0.1, 0.15) is 30.9 Å². The van der Waals surface area contributed by atoms with Crippen LogP contribution in [0.2, 0.25) is 0 Å². The van der Waals surface area contributed by atoms with Crippen molar-refractivity contribution in [2.45, 2.75) is 26.0 Å². The first-order chi connectivity index (χ1) is 7.49. The second-order valence-corrected chi connectivity index (χ2v) is 3.29. The Labute approximate surface area is 92.0 Å². The predicted octanol–water partition coefficient (Wildman–Crippen LogP) is 0.817. The zero-order valence-electron chi connectivity index (χ0n) is 8.80.